The molecular formula is C21H26F3NO5. The largest absolute Gasteiger partial charge is 0.573 e. The molecule has 0 N–H and O–H groups in total. The summed E-state index contributed by atoms with van der Waals surface area (Å²) in [6, 6.07) is 4.92. The number of ketones is 1. The number of hydrogen-bond donors (Lipinski definition) is 0. The third kappa shape index (κ3) is 5.87. The Labute approximate surface area is 173 Å². The lowest BCUT2D eigenvalue weighted by molar-refractivity contribution is -0.274. The van der Waals surface area contributed by atoms with Gasteiger partial charge in [0.2, 0.25) is 0 Å². The highest BCUT2D eigenvalue weighted by atomic mass is 19.4. The molecule has 30 heavy (non-hydrogen) atoms. The molecule has 2 aliphatic rings. The second kappa shape index (κ2) is 8.45. The molecule has 3 rings (SSSR count). The molecule has 1 aromatic rings. The normalized spacial score (nSPS) is 24.3. The van der Waals surface area contributed by atoms with Crippen LogP contribution < -0.4 is 4.74 Å². The minimum atomic E-state index is -4.78. The van der Waals surface area contributed by atoms with Crippen molar-refractivity contribution in [3.8, 4) is 5.75 Å². The monoisotopic (exact) mass is 429 g/mol. The predicted molar refractivity (Wildman–Crippen MR) is 101 cm³/mol. The molecule has 9 heteroatoms. The molecule has 2 heterocycles. The number of carbonyl (C=O) groups excluding carboxylic acids is 2. The van der Waals surface area contributed by atoms with Crippen molar-refractivity contribution in [2.45, 2.75) is 64.1 Å². The summed E-state index contributed by atoms with van der Waals surface area (Å²) < 4.78 is 52.3. The molecule has 0 spiro atoms. The van der Waals surface area contributed by atoms with E-state index in [1.165, 1.54) is 18.2 Å². The van der Waals surface area contributed by atoms with Gasteiger partial charge in [-0.25, -0.2) is 4.79 Å². The van der Waals surface area contributed by atoms with Crippen LogP contribution in [0.3, 0.4) is 0 Å². The lowest BCUT2D eigenvalue weighted by Gasteiger charge is -2.47. The zero-order valence-electron chi connectivity index (χ0n) is 17.2. The van der Waals surface area contributed by atoms with Crippen molar-refractivity contribution in [3.63, 3.8) is 0 Å². The van der Waals surface area contributed by atoms with Gasteiger partial charge in [-0.15, -0.1) is 13.2 Å². The quantitative estimate of drug-likeness (QED) is 0.721. The van der Waals surface area contributed by atoms with Gasteiger partial charge in [0.05, 0.1) is 25.3 Å². The lowest BCUT2D eigenvalue weighted by Crippen LogP contribution is -2.60. The maximum absolute atomic E-state index is 12.9. The van der Waals surface area contributed by atoms with Crippen molar-refractivity contribution in [3.05, 3.63) is 29.8 Å². The standard InChI is InChI=1S/C21H26F3NO5/c1-20(2,3)30-19(27)25-15-9-14(10-16(25)12-28-11-15)18(26)8-13-5-4-6-17(7-13)29-21(22,23)24/h4-7,14-16H,8-12H2,1-3H3. The van der Waals surface area contributed by atoms with Crippen molar-refractivity contribution >= 4 is 11.9 Å². The van der Waals surface area contributed by atoms with E-state index in [2.05, 4.69) is 4.74 Å². The summed E-state index contributed by atoms with van der Waals surface area (Å²) in [4.78, 5) is 27.1. The van der Waals surface area contributed by atoms with Gasteiger partial charge in [0.15, 0.2) is 0 Å². The Morgan fingerprint density at radius 2 is 1.77 bits per heavy atom. The van der Waals surface area contributed by atoms with Crippen LogP contribution in [0.4, 0.5) is 18.0 Å². The van der Waals surface area contributed by atoms with E-state index >= 15 is 0 Å². The Hall–Kier alpha value is -2.29. The summed E-state index contributed by atoms with van der Waals surface area (Å²) in [7, 11) is 0. The third-order valence-corrected chi connectivity index (χ3v) is 5.09. The summed E-state index contributed by atoms with van der Waals surface area (Å²) in [5.74, 6) is -0.715. The number of halogens is 3. The van der Waals surface area contributed by atoms with Crippen LogP contribution in [-0.4, -0.2) is 54.0 Å². The number of rotatable bonds is 4. The van der Waals surface area contributed by atoms with Crippen molar-refractivity contribution in [2.24, 2.45) is 5.92 Å². The van der Waals surface area contributed by atoms with Gasteiger partial charge < -0.3 is 14.2 Å². The number of morpholine rings is 1. The van der Waals surface area contributed by atoms with Crippen molar-refractivity contribution < 1.29 is 37.0 Å². The second-order valence-electron chi connectivity index (χ2n) is 8.74. The van der Waals surface area contributed by atoms with E-state index in [4.69, 9.17) is 9.47 Å². The van der Waals surface area contributed by atoms with E-state index < -0.39 is 18.1 Å². The third-order valence-electron chi connectivity index (χ3n) is 5.09. The molecule has 2 aliphatic heterocycles. The Balaban J connectivity index is 1.65. The van der Waals surface area contributed by atoms with E-state index in [-0.39, 0.29) is 36.0 Å². The molecule has 0 radical (unpaired) electrons. The van der Waals surface area contributed by atoms with Gasteiger partial charge in [0.1, 0.15) is 17.1 Å². The number of nitrogens with zero attached hydrogens (tertiary/aromatic N) is 1. The first-order valence-corrected chi connectivity index (χ1v) is 9.88. The Kier molecular flexibility index (Phi) is 6.31. The maximum Gasteiger partial charge on any atom is 0.573 e. The van der Waals surface area contributed by atoms with Crippen LogP contribution in [0.5, 0.6) is 5.75 Å². The van der Waals surface area contributed by atoms with Gasteiger partial charge in [0, 0.05) is 12.3 Å². The molecule has 2 fully saturated rings. The Morgan fingerprint density at radius 1 is 1.13 bits per heavy atom. The van der Waals surface area contributed by atoms with Crippen LogP contribution in [0.1, 0.15) is 39.2 Å². The lowest BCUT2D eigenvalue weighted by atomic mass is 9.81. The van der Waals surface area contributed by atoms with Crippen LogP contribution in [-0.2, 0) is 20.7 Å². The highest BCUT2D eigenvalue weighted by Gasteiger charge is 2.45. The molecule has 2 bridgehead atoms. The molecule has 2 saturated heterocycles. The number of benzene rings is 1. The fourth-order valence-electron chi connectivity index (χ4n) is 3.99. The molecule has 2 unspecified atom stereocenters. The van der Waals surface area contributed by atoms with E-state index in [1.54, 1.807) is 31.7 Å². The van der Waals surface area contributed by atoms with Crippen LogP contribution >= 0.6 is 0 Å². The molecule has 2 atom stereocenters. The van der Waals surface area contributed by atoms with Gasteiger partial charge in [-0.1, -0.05) is 12.1 Å². The second-order valence-corrected chi connectivity index (χ2v) is 8.74. The summed E-state index contributed by atoms with van der Waals surface area (Å²) in [6.45, 7) is 6.04. The highest BCUT2D eigenvalue weighted by Crippen LogP contribution is 2.34. The van der Waals surface area contributed by atoms with Gasteiger partial charge >= 0.3 is 12.5 Å². The van der Waals surface area contributed by atoms with Crippen LogP contribution in [0.25, 0.3) is 0 Å². The average Bonchev–Trinajstić information content (AvgIpc) is 2.57. The summed E-state index contributed by atoms with van der Waals surface area (Å²) >= 11 is 0. The van der Waals surface area contributed by atoms with Crippen molar-refractivity contribution in [1.29, 1.82) is 0 Å². The first kappa shape index (κ1) is 22.4. The Morgan fingerprint density at radius 3 is 2.33 bits per heavy atom. The van der Waals surface area contributed by atoms with Crippen LogP contribution in [0.2, 0.25) is 0 Å². The highest BCUT2D eigenvalue weighted by molar-refractivity contribution is 5.84. The molecule has 0 aromatic heterocycles. The smallest absolute Gasteiger partial charge is 0.444 e. The molecule has 0 aliphatic carbocycles. The SMILES string of the molecule is CC(C)(C)OC(=O)N1C2COCC1CC(C(=O)Cc1cccc(OC(F)(F)F)c1)C2. The topological polar surface area (TPSA) is 65.1 Å². The number of piperidine rings is 1. The first-order chi connectivity index (χ1) is 13.9. The van der Waals surface area contributed by atoms with Gasteiger partial charge in [0.25, 0.3) is 0 Å². The fraction of sp³-hybridized carbons (Fsp3) is 0.619. The number of amides is 1. The molecule has 1 aromatic carbocycles. The number of fused-ring (bicyclic) bond motifs is 2. The number of hydrogen-bond acceptors (Lipinski definition) is 5. The fourth-order valence-corrected chi connectivity index (χ4v) is 3.99. The molecule has 166 valence electrons. The predicted octanol–water partition coefficient (Wildman–Crippen LogP) is 4.11. The van der Waals surface area contributed by atoms with E-state index in [1.807, 2.05) is 0 Å². The van der Waals surface area contributed by atoms with Gasteiger partial charge in [-0.2, -0.15) is 0 Å². The molecule has 6 nitrogen and oxygen atoms in total. The van der Waals surface area contributed by atoms with Crippen LogP contribution in [0, 0.1) is 5.92 Å². The van der Waals surface area contributed by atoms with E-state index in [0.29, 0.717) is 31.6 Å². The summed E-state index contributed by atoms with van der Waals surface area (Å²) in [5.41, 5.74) is -0.166. The summed E-state index contributed by atoms with van der Waals surface area (Å²) in [6.07, 6.45) is -4.31. The Bertz CT molecular complexity index is 776. The van der Waals surface area contributed by atoms with Crippen molar-refractivity contribution in [2.75, 3.05) is 13.2 Å². The number of carbonyl (C=O) groups is 2. The number of ether oxygens (including phenoxy) is 3. The zero-order valence-corrected chi connectivity index (χ0v) is 17.2. The first-order valence-electron chi connectivity index (χ1n) is 9.88. The van der Waals surface area contributed by atoms with E-state index in [9.17, 15) is 22.8 Å². The maximum atomic E-state index is 12.9. The number of alkyl halides is 3. The average molecular weight is 429 g/mol. The molecule has 0 saturated carbocycles. The summed E-state index contributed by atoms with van der Waals surface area (Å²) in [5, 5.41) is 0. The minimum Gasteiger partial charge on any atom is -0.444 e. The van der Waals surface area contributed by atoms with Crippen molar-refractivity contribution in [1.82, 2.24) is 4.90 Å². The zero-order chi connectivity index (χ0) is 22.1. The van der Waals surface area contributed by atoms with Crippen LogP contribution in [0.15, 0.2) is 24.3 Å². The molecule has 1 amide bonds. The van der Waals surface area contributed by atoms with Gasteiger partial charge in [-0.05, 0) is 51.3 Å². The van der Waals surface area contributed by atoms with Gasteiger partial charge in [-0.3, -0.25) is 9.69 Å². The number of Topliss-reactive ketones (excluding diaryl/α,β-unsaturated/α-hetero) is 1. The molecular weight excluding hydrogens is 403 g/mol. The van der Waals surface area contributed by atoms with E-state index in [0.717, 1.165) is 0 Å². The minimum absolute atomic E-state index is 0.00641.